The number of carbonyl (C=O) groups is 1. The molecule has 1 amide bonds. The first-order valence-corrected chi connectivity index (χ1v) is 8.54. The van der Waals surface area contributed by atoms with Crippen LogP contribution in [0.1, 0.15) is 56.0 Å². The summed E-state index contributed by atoms with van der Waals surface area (Å²) in [6.07, 6.45) is -0.801. The number of nitrogens with one attached hydrogen (secondary N) is 1. The number of ether oxygens (including phenoxy) is 1. The van der Waals surface area contributed by atoms with Gasteiger partial charge in [-0.1, -0.05) is 60.2 Å². The lowest BCUT2D eigenvalue weighted by molar-refractivity contribution is 0.0482. The Labute approximate surface area is 149 Å². The summed E-state index contributed by atoms with van der Waals surface area (Å²) in [5, 5.41) is 13.5. The summed E-state index contributed by atoms with van der Waals surface area (Å²) in [5.74, 6) is 0. The molecule has 0 saturated heterocycles. The molecule has 0 spiro atoms. The summed E-state index contributed by atoms with van der Waals surface area (Å²) < 4.78 is 5.36. The largest absolute Gasteiger partial charge is 0.444 e. The Hall–Kier alpha value is -2.33. The van der Waals surface area contributed by atoms with Gasteiger partial charge in [-0.2, -0.15) is 0 Å². The maximum Gasteiger partial charge on any atom is 0.408 e. The van der Waals surface area contributed by atoms with E-state index in [9.17, 15) is 9.90 Å². The zero-order valence-electron chi connectivity index (χ0n) is 15.3. The highest BCUT2D eigenvalue weighted by atomic mass is 16.6. The van der Waals surface area contributed by atoms with Crippen LogP contribution in [0, 0.1) is 6.92 Å². The first-order chi connectivity index (χ1) is 11.7. The molecule has 0 aliphatic rings. The third kappa shape index (κ3) is 6.24. The van der Waals surface area contributed by atoms with Crippen molar-refractivity contribution in [1.29, 1.82) is 0 Å². The highest BCUT2D eigenvalue weighted by molar-refractivity contribution is 5.68. The molecule has 2 rings (SSSR count). The second-order valence-electron chi connectivity index (χ2n) is 7.27. The molecular formula is C21H27NO3. The van der Waals surface area contributed by atoms with Crippen LogP contribution in [0.25, 0.3) is 0 Å². The Morgan fingerprint density at radius 3 is 2.20 bits per heavy atom. The first kappa shape index (κ1) is 19.0. The molecule has 2 aromatic carbocycles. The molecule has 4 nitrogen and oxygen atoms in total. The van der Waals surface area contributed by atoms with Gasteiger partial charge in [0.05, 0.1) is 12.1 Å². The molecule has 2 aromatic rings. The van der Waals surface area contributed by atoms with Crippen LogP contribution in [0.3, 0.4) is 0 Å². The molecule has 0 aromatic heterocycles. The molecule has 134 valence electrons. The van der Waals surface area contributed by atoms with E-state index in [4.69, 9.17) is 4.74 Å². The van der Waals surface area contributed by atoms with Gasteiger partial charge in [0.1, 0.15) is 5.60 Å². The van der Waals surface area contributed by atoms with Crippen molar-refractivity contribution in [2.45, 2.75) is 51.9 Å². The predicted molar refractivity (Wildman–Crippen MR) is 99.3 cm³/mol. The minimum atomic E-state index is -0.680. The average Bonchev–Trinajstić information content (AvgIpc) is 2.54. The van der Waals surface area contributed by atoms with Crippen LogP contribution >= 0.6 is 0 Å². The van der Waals surface area contributed by atoms with Gasteiger partial charge in [0.25, 0.3) is 0 Å². The van der Waals surface area contributed by atoms with Gasteiger partial charge in [0.2, 0.25) is 0 Å². The van der Waals surface area contributed by atoms with Crippen molar-refractivity contribution >= 4 is 6.09 Å². The fourth-order valence-electron chi connectivity index (χ4n) is 2.56. The van der Waals surface area contributed by atoms with Crippen molar-refractivity contribution in [3.63, 3.8) is 0 Å². The number of aryl methyl sites for hydroxylation is 1. The quantitative estimate of drug-likeness (QED) is 0.830. The second-order valence-corrected chi connectivity index (χ2v) is 7.27. The van der Waals surface area contributed by atoms with E-state index in [1.165, 1.54) is 0 Å². The molecule has 0 fully saturated rings. The number of hydrogen-bond donors (Lipinski definition) is 2. The lowest BCUT2D eigenvalue weighted by Gasteiger charge is -2.25. The highest BCUT2D eigenvalue weighted by Gasteiger charge is 2.23. The van der Waals surface area contributed by atoms with E-state index in [-0.39, 0.29) is 6.04 Å². The molecule has 0 aliphatic carbocycles. The van der Waals surface area contributed by atoms with Crippen LogP contribution in [0.4, 0.5) is 4.79 Å². The molecule has 2 N–H and O–H groups in total. The fourth-order valence-corrected chi connectivity index (χ4v) is 2.56. The van der Waals surface area contributed by atoms with E-state index in [1.54, 1.807) is 0 Å². The molecule has 0 bridgehead atoms. The zero-order valence-corrected chi connectivity index (χ0v) is 15.3. The van der Waals surface area contributed by atoms with E-state index >= 15 is 0 Å². The van der Waals surface area contributed by atoms with E-state index in [2.05, 4.69) is 5.32 Å². The Morgan fingerprint density at radius 2 is 1.64 bits per heavy atom. The smallest absolute Gasteiger partial charge is 0.408 e. The van der Waals surface area contributed by atoms with Crippen molar-refractivity contribution in [2.75, 3.05) is 0 Å². The van der Waals surface area contributed by atoms with Crippen molar-refractivity contribution in [2.24, 2.45) is 0 Å². The Bertz CT molecular complexity index is 675. The summed E-state index contributed by atoms with van der Waals surface area (Å²) in [7, 11) is 0. The Kier molecular flexibility index (Phi) is 6.21. The maximum absolute atomic E-state index is 12.2. The summed E-state index contributed by atoms with van der Waals surface area (Å²) in [6.45, 7) is 7.48. The summed E-state index contributed by atoms with van der Waals surface area (Å²) in [4.78, 5) is 12.2. The van der Waals surface area contributed by atoms with E-state index < -0.39 is 17.8 Å². The molecule has 0 saturated carbocycles. The number of aliphatic hydroxyl groups is 1. The van der Waals surface area contributed by atoms with Gasteiger partial charge < -0.3 is 15.2 Å². The summed E-state index contributed by atoms with van der Waals surface area (Å²) >= 11 is 0. The SMILES string of the molecule is Cc1ccc(C(O)CC(NC(=O)OC(C)(C)C)c2ccccc2)cc1. The number of aliphatic hydroxyl groups excluding tert-OH is 1. The van der Waals surface area contributed by atoms with Gasteiger partial charge in [-0.05, 0) is 38.8 Å². The van der Waals surface area contributed by atoms with Gasteiger partial charge >= 0.3 is 6.09 Å². The molecule has 0 radical (unpaired) electrons. The Balaban J connectivity index is 2.14. The summed E-state index contributed by atoms with van der Waals surface area (Å²) in [6, 6.07) is 17.0. The van der Waals surface area contributed by atoms with Crippen molar-refractivity contribution in [3.8, 4) is 0 Å². The number of amides is 1. The molecule has 0 aliphatic heterocycles. The minimum absolute atomic E-state index is 0.340. The Morgan fingerprint density at radius 1 is 1.04 bits per heavy atom. The number of hydrogen-bond acceptors (Lipinski definition) is 3. The standard InChI is InChI=1S/C21H27NO3/c1-15-10-12-17(13-11-15)19(23)14-18(16-8-6-5-7-9-16)22-20(24)25-21(2,3)4/h5-13,18-19,23H,14H2,1-4H3,(H,22,24). The minimum Gasteiger partial charge on any atom is -0.444 e. The van der Waals surface area contributed by atoms with Crippen LogP contribution in [0.2, 0.25) is 0 Å². The van der Waals surface area contributed by atoms with E-state index in [0.717, 1.165) is 16.7 Å². The van der Waals surface area contributed by atoms with Gasteiger partial charge in [-0.25, -0.2) is 4.79 Å². The lowest BCUT2D eigenvalue weighted by atomic mass is 9.96. The van der Waals surface area contributed by atoms with E-state index in [0.29, 0.717) is 6.42 Å². The number of alkyl carbamates (subject to hydrolysis) is 1. The molecule has 25 heavy (non-hydrogen) atoms. The van der Waals surface area contributed by atoms with Crippen LogP contribution in [0.15, 0.2) is 54.6 Å². The van der Waals surface area contributed by atoms with Crippen LogP contribution < -0.4 is 5.32 Å². The van der Waals surface area contributed by atoms with Crippen molar-refractivity contribution in [1.82, 2.24) is 5.32 Å². The molecular weight excluding hydrogens is 314 g/mol. The van der Waals surface area contributed by atoms with Gasteiger partial charge in [-0.15, -0.1) is 0 Å². The topological polar surface area (TPSA) is 58.6 Å². The predicted octanol–water partition coefficient (Wildman–Crippen LogP) is 4.68. The van der Waals surface area contributed by atoms with Gasteiger partial charge in [-0.3, -0.25) is 0 Å². The number of benzene rings is 2. The lowest BCUT2D eigenvalue weighted by Crippen LogP contribution is -2.35. The molecule has 2 unspecified atom stereocenters. The molecule has 2 atom stereocenters. The molecule has 0 heterocycles. The van der Waals surface area contributed by atoms with Crippen molar-refractivity contribution < 1.29 is 14.6 Å². The third-order valence-electron chi connectivity index (χ3n) is 3.81. The number of rotatable bonds is 5. The molecule has 4 heteroatoms. The first-order valence-electron chi connectivity index (χ1n) is 8.54. The highest BCUT2D eigenvalue weighted by Crippen LogP contribution is 2.27. The maximum atomic E-state index is 12.2. The van der Waals surface area contributed by atoms with Gasteiger partial charge in [0.15, 0.2) is 0 Å². The monoisotopic (exact) mass is 341 g/mol. The van der Waals surface area contributed by atoms with Crippen LogP contribution in [0.5, 0.6) is 0 Å². The van der Waals surface area contributed by atoms with E-state index in [1.807, 2.05) is 82.3 Å². The zero-order chi connectivity index (χ0) is 18.4. The normalized spacial score (nSPS) is 13.8. The third-order valence-corrected chi connectivity index (χ3v) is 3.81. The average molecular weight is 341 g/mol. The number of carbonyl (C=O) groups excluding carboxylic acids is 1. The summed E-state index contributed by atoms with van der Waals surface area (Å²) in [5.41, 5.74) is 2.33. The fraction of sp³-hybridized carbons (Fsp3) is 0.381. The van der Waals surface area contributed by atoms with Gasteiger partial charge in [0, 0.05) is 6.42 Å². The van der Waals surface area contributed by atoms with Crippen LogP contribution in [-0.4, -0.2) is 16.8 Å². The second kappa shape index (κ2) is 8.17. The van der Waals surface area contributed by atoms with Crippen LogP contribution in [-0.2, 0) is 4.74 Å². The van der Waals surface area contributed by atoms with Crippen molar-refractivity contribution in [3.05, 3.63) is 71.3 Å².